The van der Waals surface area contributed by atoms with Crippen LogP contribution >= 0.6 is 27.7 Å². The minimum absolute atomic E-state index is 0.182. The highest BCUT2D eigenvalue weighted by atomic mass is 79.9. The number of carbonyl (C=O) groups excluding carboxylic acids is 1. The predicted octanol–water partition coefficient (Wildman–Crippen LogP) is 4.11. The second-order valence-electron chi connectivity index (χ2n) is 5.20. The number of nitrogens with zero attached hydrogens (tertiary/aromatic N) is 3. The van der Waals surface area contributed by atoms with Gasteiger partial charge >= 0.3 is 0 Å². The summed E-state index contributed by atoms with van der Waals surface area (Å²) in [6, 6.07) is 13.4. The number of aromatic nitrogens is 3. The van der Waals surface area contributed by atoms with Crippen LogP contribution in [-0.2, 0) is 11.8 Å². The third-order valence-electron chi connectivity index (χ3n) is 3.27. The first-order valence-electron chi connectivity index (χ1n) is 7.36. The first-order valence-corrected chi connectivity index (χ1v) is 9.14. The zero-order chi connectivity index (χ0) is 17.8. The number of anilines is 1. The molecule has 0 aliphatic rings. The Morgan fingerprint density at radius 3 is 2.76 bits per heavy atom. The third kappa shape index (κ3) is 4.67. The Balaban J connectivity index is 1.63. The number of rotatable bonds is 5. The first-order chi connectivity index (χ1) is 12.0. The van der Waals surface area contributed by atoms with Crippen LogP contribution in [0, 0.1) is 5.82 Å². The third-order valence-corrected chi connectivity index (χ3v) is 4.78. The summed E-state index contributed by atoms with van der Waals surface area (Å²) in [4.78, 5) is 16.5. The maximum atomic E-state index is 12.9. The molecular weight excluding hydrogens is 407 g/mol. The second-order valence-corrected chi connectivity index (χ2v) is 7.05. The fourth-order valence-corrected chi connectivity index (χ4v) is 3.22. The molecule has 0 radical (unpaired) electrons. The van der Waals surface area contributed by atoms with Crippen LogP contribution in [0.25, 0.3) is 11.4 Å². The number of halogens is 2. The standard InChI is InChI=1S/C17H14BrFN4OS/c1-23-17(21-16(22-23)11-3-2-4-12(18)9-11)25-10-15(24)20-14-7-5-13(19)6-8-14/h2-9H,10H2,1H3,(H,20,24). The Morgan fingerprint density at radius 1 is 1.28 bits per heavy atom. The minimum Gasteiger partial charge on any atom is -0.325 e. The van der Waals surface area contributed by atoms with Gasteiger partial charge in [-0.1, -0.05) is 39.8 Å². The number of aryl methyl sites for hydroxylation is 1. The minimum atomic E-state index is -0.341. The van der Waals surface area contributed by atoms with Crippen molar-refractivity contribution in [2.24, 2.45) is 7.05 Å². The SMILES string of the molecule is Cn1nc(-c2cccc(Br)c2)nc1SCC(=O)Nc1ccc(F)cc1. The summed E-state index contributed by atoms with van der Waals surface area (Å²) >= 11 is 4.72. The summed E-state index contributed by atoms with van der Waals surface area (Å²) in [5.41, 5.74) is 1.45. The number of benzene rings is 2. The van der Waals surface area contributed by atoms with Crippen molar-refractivity contribution < 1.29 is 9.18 Å². The van der Waals surface area contributed by atoms with Crippen molar-refractivity contribution in [2.45, 2.75) is 5.16 Å². The van der Waals surface area contributed by atoms with Crippen molar-refractivity contribution in [3.05, 3.63) is 58.8 Å². The molecule has 0 saturated carbocycles. The van der Waals surface area contributed by atoms with E-state index < -0.39 is 0 Å². The maximum absolute atomic E-state index is 12.9. The molecule has 0 aliphatic heterocycles. The number of hydrogen-bond acceptors (Lipinski definition) is 4. The smallest absolute Gasteiger partial charge is 0.234 e. The molecule has 0 aliphatic carbocycles. The van der Waals surface area contributed by atoms with E-state index in [1.807, 2.05) is 24.3 Å². The average Bonchev–Trinajstić information content (AvgIpc) is 2.96. The van der Waals surface area contributed by atoms with E-state index in [0.717, 1.165) is 10.0 Å². The Morgan fingerprint density at radius 2 is 2.04 bits per heavy atom. The molecule has 0 unspecified atom stereocenters. The predicted molar refractivity (Wildman–Crippen MR) is 99.9 cm³/mol. The lowest BCUT2D eigenvalue weighted by Crippen LogP contribution is -2.14. The van der Waals surface area contributed by atoms with Gasteiger partial charge in [0.15, 0.2) is 11.0 Å². The zero-order valence-electron chi connectivity index (χ0n) is 13.2. The van der Waals surface area contributed by atoms with Crippen molar-refractivity contribution in [3.8, 4) is 11.4 Å². The Labute approximate surface area is 156 Å². The quantitative estimate of drug-likeness (QED) is 0.630. The van der Waals surface area contributed by atoms with Crippen molar-refractivity contribution in [3.63, 3.8) is 0 Å². The molecule has 1 amide bonds. The van der Waals surface area contributed by atoms with Gasteiger partial charge in [0.2, 0.25) is 5.91 Å². The van der Waals surface area contributed by atoms with Crippen molar-refractivity contribution >= 4 is 39.3 Å². The van der Waals surface area contributed by atoms with E-state index in [2.05, 4.69) is 31.3 Å². The van der Waals surface area contributed by atoms with Gasteiger partial charge in [0.25, 0.3) is 0 Å². The summed E-state index contributed by atoms with van der Waals surface area (Å²) in [6.45, 7) is 0. The Hall–Kier alpha value is -2.19. The molecule has 1 N–H and O–H groups in total. The fraction of sp³-hybridized carbons (Fsp3) is 0.118. The van der Waals surface area contributed by atoms with Gasteiger partial charge in [-0.3, -0.25) is 4.79 Å². The summed E-state index contributed by atoms with van der Waals surface area (Å²) in [7, 11) is 1.79. The summed E-state index contributed by atoms with van der Waals surface area (Å²) < 4.78 is 15.5. The molecule has 0 fully saturated rings. The largest absolute Gasteiger partial charge is 0.325 e. The molecule has 0 atom stereocenters. The van der Waals surface area contributed by atoms with E-state index in [4.69, 9.17) is 0 Å². The van der Waals surface area contributed by atoms with Crippen LogP contribution in [0.15, 0.2) is 58.2 Å². The first kappa shape index (κ1) is 17.6. The van der Waals surface area contributed by atoms with Gasteiger partial charge in [0.05, 0.1) is 5.75 Å². The van der Waals surface area contributed by atoms with Crippen LogP contribution in [0.3, 0.4) is 0 Å². The molecule has 3 rings (SSSR count). The van der Waals surface area contributed by atoms with Crippen LogP contribution in [0.4, 0.5) is 10.1 Å². The number of amides is 1. The van der Waals surface area contributed by atoms with Gasteiger partial charge in [-0.15, -0.1) is 0 Å². The van der Waals surface area contributed by atoms with Gasteiger partial charge < -0.3 is 5.32 Å². The number of thioether (sulfide) groups is 1. The molecule has 5 nitrogen and oxygen atoms in total. The summed E-state index contributed by atoms with van der Waals surface area (Å²) in [5, 5.41) is 7.74. The maximum Gasteiger partial charge on any atom is 0.234 e. The summed E-state index contributed by atoms with van der Waals surface area (Å²) in [6.07, 6.45) is 0. The van der Waals surface area contributed by atoms with Crippen LogP contribution < -0.4 is 5.32 Å². The molecule has 0 bridgehead atoms. The molecular formula is C17H14BrFN4OS. The lowest BCUT2D eigenvalue weighted by molar-refractivity contribution is -0.113. The van der Waals surface area contributed by atoms with Crippen molar-refractivity contribution in [2.75, 3.05) is 11.1 Å². The Bertz CT molecular complexity index is 898. The van der Waals surface area contributed by atoms with Gasteiger partial charge in [-0.2, -0.15) is 5.10 Å². The van der Waals surface area contributed by atoms with E-state index in [1.165, 1.54) is 36.0 Å². The lowest BCUT2D eigenvalue weighted by Gasteiger charge is -2.04. The molecule has 25 heavy (non-hydrogen) atoms. The molecule has 0 spiro atoms. The summed E-state index contributed by atoms with van der Waals surface area (Å²) in [5.74, 6) is 0.252. The normalized spacial score (nSPS) is 10.7. The Kier molecular flexibility index (Phi) is 5.50. The molecule has 128 valence electrons. The van der Waals surface area contributed by atoms with Crippen LogP contribution in [0.2, 0.25) is 0 Å². The van der Waals surface area contributed by atoms with Crippen molar-refractivity contribution in [1.82, 2.24) is 14.8 Å². The molecule has 1 heterocycles. The highest BCUT2D eigenvalue weighted by molar-refractivity contribution is 9.10. The van der Waals surface area contributed by atoms with Crippen LogP contribution in [0.1, 0.15) is 0 Å². The molecule has 3 aromatic rings. The average molecular weight is 421 g/mol. The molecule has 8 heteroatoms. The number of carbonyl (C=O) groups is 1. The van der Waals surface area contributed by atoms with E-state index in [0.29, 0.717) is 16.7 Å². The molecule has 1 aromatic heterocycles. The van der Waals surface area contributed by atoms with Gasteiger partial charge in [-0.05, 0) is 36.4 Å². The van der Waals surface area contributed by atoms with E-state index in [1.54, 1.807) is 11.7 Å². The molecule has 2 aromatic carbocycles. The van der Waals surface area contributed by atoms with Crippen LogP contribution in [-0.4, -0.2) is 26.4 Å². The van der Waals surface area contributed by atoms with Gasteiger partial charge in [0, 0.05) is 22.8 Å². The monoisotopic (exact) mass is 420 g/mol. The zero-order valence-corrected chi connectivity index (χ0v) is 15.6. The number of nitrogens with one attached hydrogen (secondary N) is 1. The topological polar surface area (TPSA) is 59.8 Å². The van der Waals surface area contributed by atoms with Crippen molar-refractivity contribution in [1.29, 1.82) is 0 Å². The van der Waals surface area contributed by atoms with Gasteiger partial charge in [-0.25, -0.2) is 14.1 Å². The lowest BCUT2D eigenvalue weighted by atomic mass is 10.2. The van der Waals surface area contributed by atoms with E-state index in [-0.39, 0.29) is 17.5 Å². The van der Waals surface area contributed by atoms with E-state index >= 15 is 0 Å². The number of hydrogen-bond donors (Lipinski definition) is 1. The van der Waals surface area contributed by atoms with Crippen LogP contribution in [0.5, 0.6) is 0 Å². The molecule has 0 saturated heterocycles. The second kappa shape index (κ2) is 7.79. The fourth-order valence-electron chi connectivity index (χ4n) is 2.11. The highest BCUT2D eigenvalue weighted by Gasteiger charge is 2.12. The highest BCUT2D eigenvalue weighted by Crippen LogP contribution is 2.23. The van der Waals surface area contributed by atoms with E-state index in [9.17, 15) is 9.18 Å². The van der Waals surface area contributed by atoms with Gasteiger partial charge in [0.1, 0.15) is 5.82 Å².